The van der Waals surface area contributed by atoms with Crippen molar-refractivity contribution in [2.75, 3.05) is 30.4 Å². The molecule has 0 spiro atoms. The first-order valence-electron chi connectivity index (χ1n) is 7.12. The highest BCUT2D eigenvalue weighted by Gasteiger charge is 2.25. The average molecular weight is 264 g/mol. The smallest absolute Gasteiger partial charge is 0.137 e. The maximum absolute atomic E-state index is 9.66. The van der Waals surface area contributed by atoms with Crippen molar-refractivity contribution in [3.8, 4) is 0 Å². The van der Waals surface area contributed by atoms with E-state index in [1.54, 1.807) is 6.33 Å². The van der Waals surface area contributed by atoms with E-state index in [0.717, 1.165) is 44.0 Å². The highest BCUT2D eigenvalue weighted by atomic mass is 16.3. The molecule has 1 atom stereocenters. The number of aliphatic hydroxyl groups excluding tert-OH is 1. The van der Waals surface area contributed by atoms with E-state index in [-0.39, 0.29) is 6.10 Å². The van der Waals surface area contributed by atoms with Crippen LogP contribution in [0.25, 0.3) is 0 Å². The van der Waals surface area contributed by atoms with Crippen LogP contribution in [0.4, 0.5) is 11.6 Å². The molecule has 106 valence electrons. The lowest BCUT2D eigenvalue weighted by atomic mass is 9.92. The van der Waals surface area contributed by atoms with Crippen molar-refractivity contribution < 1.29 is 5.11 Å². The number of rotatable bonds is 4. The molecule has 1 aliphatic heterocycles. The highest BCUT2D eigenvalue weighted by molar-refractivity contribution is 5.58. The van der Waals surface area contributed by atoms with Gasteiger partial charge < -0.3 is 15.3 Å². The van der Waals surface area contributed by atoms with Crippen LogP contribution in [0, 0.1) is 5.92 Å². The summed E-state index contributed by atoms with van der Waals surface area (Å²) in [6.07, 6.45) is 4.40. The summed E-state index contributed by atoms with van der Waals surface area (Å²) in [4.78, 5) is 11.1. The number of hydrogen-bond donors (Lipinski definition) is 2. The largest absolute Gasteiger partial charge is 0.393 e. The minimum atomic E-state index is -0.203. The first-order valence-corrected chi connectivity index (χ1v) is 7.12. The van der Waals surface area contributed by atoms with Crippen LogP contribution in [0.5, 0.6) is 0 Å². The third kappa shape index (κ3) is 2.97. The van der Waals surface area contributed by atoms with Gasteiger partial charge in [-0.1, -0.05) is 6.92 Å². The minimum Gasteiger partial charge on any atom is -0.393 e. The van der Waals surface area contributed by atoms with Gasteiger partial charge in [0.2, 0.25) is 0 Å². The molecule has 0 amide bonds. The van der Waals surface area contributed by atoms with E-state index >= 15 is 0 Å². The molecule has 0 aromatic carbocycles. The van der Waals surface area contributed by atoms with Gasteiger partial charge in [0.05, 0.1) is 6.10 Å². The fourth-order valence-corrected chi connectivity index (χ4v) is 2.81. The van der Waals surface area contributed by atoms with Gasteiger partial charge in [0.25, 0.3) is 0 Å². The maximum atomic E-state index is 9.66. The van der Waals surface area contributed by atoms with Crippen molar-refractivity contribution in [1.29, 1.82) is 0 Å². The van der Waals surface area contributed by atoms with E-state index in [1.807, 2.05) is 14.0 Å². The molecule has 1 saturated heterocycles. The fourth-order valence-electron chi connectivity index (χ4n) is 2.81. The van der Waals surface area contributed by atoms with Crippen molar-refractivity contribution >= 4 is 11.6 Å². The van der Waals surface area contributed by atoms with Gasteiger partial charge >= 0.3 is 0 Å². The molecule has 2 N–H and O–H groups in total. The number of nitrogens with one attached hydrogen (secondary N) is 1. The lowest BCUT2D eigenvalue weighted by Gasteiger charge is -2.35. The SMILES string of the molecule is CCc1c(NC)ncnc1N1CCC(C(C)O)CC1. The van der Waals surface area contributed by atoms with Gasteiger partial charge in [-0.25, -0.2) is 9.97 Å². The van der Waals surface area contributed by atoms with Crippen LogP contribution in [-0.2, 0) is 6.42 Å². The number of aromatic nitrogens is 2. The summed E-state index contributed by atoms with van der Waals surface area (Å²) in [6, 6.07) is 0. The van der Waals surface area contributed by atoms with E-state index in [1.165, 1.54) is 5.56 Å². The van der Waals surface area contributed by atoms with Gasteiger partial charge in [-0.3, -0.25) is 0 Å². The molecule has 5 nitrogen and oxygen atoms in total. The molecule has 2 rings (SSSR count). The zero-order chi connectivity index (χ0) is 13.8. The third-order valence-corrected chi connectivity index (χ3v) is 4.03. The summed E-state index contributed by atoms with van der Waals surface area (Å²) >= 11 is 0. The van der Waals surface area contributed by atoms with E-state index in [9.17, 15) is 5.11 Å². The van der Waals surface area contributed by atoms with Crippen LogP contribution in [0.3, 0.4) is 0 Å². The molecule has 0 radical (unpaired) electrons. The molecule has 5 heteroatoms. The molecular formula is C14H24N4O. The van der Waals surface area contributed by atoms with Crippen LogP contribution in [0.15, 0.2) is 6.33 Å². The van der Waals surface area contributed by atoms with Gasteiger partial charge in [0, 0.05) is 25.7 Å². The van der Waals surface area contributed by atoms with Crippen LogP contribution < -0.4 is 10.2 Å². The van der Waals surface area contributed by atoms with Crippen molar-refractivity contribution in [2.45, 2.75) is 39.2 Å². The molecule has 19 heavy (non-hydrogen) atoms. The number of aliphatic hydroxyl groups is 1. The Morgan fingerprint density at radius 2 is 2.11 bits per heavy atom. The fraction of sp³-hybridized carbons (Fsp3) is 0.714. The molecule has 0 aliphatic carbocycles. The molecule has 1 fully saturated rings. The van der Waals surface area contributed by atoms with Gasteiger partial charge in [0.15, 0.2) is 0 Å². The summed E-state index contributed by atoms with van der Waals surface area (Å²) in [5, 5.41) is 12.8. The summed E-state index contributed by atoms with van der Waals surface area (Å²) in [5.74, 6) is 2.39. The first kappa shape index (κ1) is 14.1. The Bertz CT molecular complexity index is 414. The monoisotopic (exact) mass is 264 g/mol. The molecule has 0 bridgehead atoms. The second-order valence-electron chi connectivity index (χ2n) is 5.19. The van der Waals surface area contributed by atoms with Gasteiger partial charge in [-0.05, 0) is 32.1 Å². The Hall–Kier alpha value is -1.36. The second-order valence-corrected chi connectivity index (χ2v) is 5.19. The topological polar surface area (TPSA) is 61.3 Å². The van der Waals surface area contributed by atoms with Gasteiger partial charge in [-0.15, -0.1) is 0 Å². The molecule has 0 saturated carbocycles. The Balaban J connectivity index is 2.15. The first-order chi connectivity index (χ1) is 9.17. The van der Waals surface area contributed by atoms with Gasteiger partial charge in [0.1, 0.15) is 18.0 Å². The average Bonchev–Trinajstić information content (AvgIpc) is 2.46. The van der Waals surface area contributed by atoms with Crippen molar-refractivity contribution in [1.82, 2.24) is 9.97 Å². The van der Waals surface area contributed by atoms with Crippen LogP contribution in [0.1, 0.15) is 32.3 Å². The summed E-state index contributed by atoms with van der Waals surface area (Å²) in [5.41, 5.74) is 1.18. The third-order valence-electron chi connectivity index (χ3n) is 4.03. The second kappa shape index (κ2) is 6.19. The van der Waals surface area contributed by atoms with Gasteiger partial charge in [-0.2, -0.15) is 0 Å². The van der Waals surface area contributed by atoms with Crippen LogP contribution in [-0.4, -0.2) is 41.3 Å². The molecule has 1 aromatic heterocycles. The van der Waals surface area contributed by atoms with Crippen molar-refractivity contribution in [3.05, 3.63) is 11.9 Å². The Morgan fingerprint density at radius 1 is 1.42 bits per heavy atom. The predicted octanol–water partition coefficient (Wildman–Crippen LogP) is 1.68. The zero-order valence-electron chi connectivity index (χ0n) is 12.1. The van der Waals surface area contributed by atoms with E-state index < -0.39 is 0 Å². The Kier molecular flexibility index (Phi) is 4.58. The Labute approximate surface area is 115 Å². The predicted molar refractivity (Wildman–Crippen MR) is 77.6 cm³/mol. The van der Waals surface area contributed by atoms with Crippen molar-refractivity contribution in [3.63, 3.8) is 0 Å². The summed E-state index contributed by atoms with van der Waals surface area (Å²) in [7, 11) is 1.89. The summed E-state index contributed by atoms with van der Waals surface area (Å²) in [6.45, 7) is 5.94. The zero-order valence-corrected chi connectivity index (χ0v) is 12.1. The summed E-state index contributed by atoms with van der Waals surface area (Å²) < 4.78 is 0. The van der Waals surface area contributed by atoms with Crippen LogP contribution >= 0.6 is 0 Å². The number of anilines is 2. The highest BCUT2D eigenvalue weighted by Crippen LogP contribution is 2.28. The van der Waals surface area contributed by atoms with Crippen LogP contribution in [0.2, 0.25) is 0 Å². The minimum absolute atomic E-state index is 0.203. The molecular weight excluding hydrogens is 240 g/mol. The number of nitrogens with zero attached hydrogens (tertiary/aromatic N) is 3. The molecule has 1 aliphatic rings. The lowest BCUT2D eigenvalue weighted by molar-refractivity contribution is 0.109. The van der Waals surface area contributed by atoms with Crippen molar-refractivity contribution in [2.24, 2.45) is 5.92 Å². The lowest BCUT2D eigenvalue weighted by Crippen LogP contribution is -2.38. The van der Waals surface area contributed by atoms with E-state index in [4.69, 9.17) is 0 Å². The molecule has 1 aromatic rings. The van der Waals surface area contributed by atoms with E-state index in [2.05, 4.69) is 27.1 Å². The van der Waals surface area contributed by atoms with E-state index in [0.29, 0.717) is 5.92 Å². The quantitative estimate of drug-likeness (QED) is 0.866. The molecule has 2 heterocycles. The standard InChI is InChI=1S/C14H24N4O/c1-4-12-13(15-3)16-9-17-14(12)18-7-5-11(6-8-18)10(2)19/h9-11,19H,4-8H2,1-3H3,(H,15,16,17). The number of hydrogen-bond acceptors (Lipinski definition) is 5. The molecule has 1 unspecified atom stereocenters. The maximum Gasteiger partial charge on any atom is 0.137 e. The number of piperidine rings is 1. The normalized spacial score (nSPS) is 18.4. The Morgan fingerprint density at radius 3 is 2.63 bits per heavy atom.